The van der Waals surface area contributed by atoms with Gasteiger partial charge >= 0.3 is 17.9 Å². The van der Waals surface area contributed by atoms with E-state index in [9.17, 15) is 14.4 Å². The van der Waals surface area contributed by atoms with Crippen molar-refractivity contribution >= 4 is 17.9 Å². The third-order valence-electron chi connectivity index (χ3n) is 8.93. The molecule has 0 bridgehead atoms. The second-order valence-electron chi connectivity index (χ2n) is 11.9. The molecule has 0 amide bonds. The highest BCUT2D eigenvalue weighted by molar-refractivity contribution is 5.84. The number of ether oxygens (including phenoxy) is 3. The van der Waals surface area contributed by atoms with Crippen LogP contribution in [0, 0.1) is 11.8 Å². The first kappa shape index (κ1) is 34.6. The average Bonchev–Trinajstić information content (AvgIpc) is 3.90. The van der Waals surface area contributed by atoms with Gasteiger partial charge in [-0.1, -0.05) is 107 Å². The van der Waals surface area contributed by atoms with Crippen molar-refractivity contribution in [2.24, 2.45) is 11.8 Å². The summed E-state index contributed by atoms with van der Waals surface area (Å²) in [6, 6.07) is 22.8. The Balaban J connectivity index is 0.00000245. The zero-order valence-electron chi connectivity index (χ0n) is 27.7. The molecule has 2 unspecified atom stereocenters. The van der Waals surface area contributed by atoms with E-state index in [-0.39, 0.29) is 5.41 Å². The van der Waals surface area contributed by atoms with Gasteiger partial charge in [-0.3, -0.25) is 0 Å². The Kier molecular flexibility index (Phi) is 10.7. The van der Waals surface area contributed by atoms with E-state index in [4.69, 9.17) is 14.2 Å². The summed E-state index contributed by atoms with van der Waals surface area (Å²) < 4.78 is 15.9. The smallest absolute Gasteiger partial charge is 0.335 e. The van der Waals surface area contributed by atoms with Crippen LogP contribution in [-0.2, 0) is 25.2 Å². The highest BCUT2D eigenvalue weighted by Gasteiger charge is 2.52. The lowest BCUT2D eigenvalue weighted by molar-refractivity contribution is -0.129. The lowest BCUT2D eigenvalue weighted by Crippen LogP contribution is -2.30. The number of benzene rings is 3. The summed E-state index contributed by atoms with van der Waals surface area (Å²) in [6.07, 6.45) is 8.95. The number of rotatable bonds is 11. The molecular formula is C41H42O6. The molecule has 2 atom stereocenters. The largest absolute Gasteiger partial charge is 0.423 e. The molecule has 0 saturated heterocycles. The van der Waals surface area contributed by atoms with Crippen molar-refractivity contribution in [3.63, 3.8) is 0 Å². The van der Waals surface area contributed by atoms with Crippen molar-refractivity contribution in [3.8, 4) is 17.2 Å². The standard InChI is InChI=1S/C39H36O6.C2H6/c1-7-35(40)43-28-16-10-25(11-17-28)38(4,5)33-22-23-34(32-24-31(32)33)39(6,26-12-18-29(19-13-26)44-36(41)8-2)27-14-20-30(21-15-27)45-37(42)9-3;1-2/h7-23,31-32H,1-3,24H2,4-6H3;1-2H3. The summed E-state index contributed by atoms with van der Waals surface area (Å²) in [5.74, 6) is 0.546. The van der Waals surface area contributed by atoms with Crippen molar-refractivity contribution in [2.75, 3.05) is 0 Å². The van der Waals surface area contributed by atoms with Crippen LogP contribution >= 0.6 is 0 Å². The summed E-state index contributed by atoms with van der Waals surface area (Å²) in [5.41, 5.74) is 5.07. The van der Waals surface area contributed by atoms with Gasteiger partial charge in [-0.05, 0) is 78.3 Å². The van der Waals surface area contributed by atoms with E-state index >= 15 is 0 Å². The number of hydrogen-bond acceptors (Lipinski definition) is 6. The Morgan fingerprint density at radius 3 is 1.26 bits per heavy atom. The molecule has 3 aromatic rings. The minimum absolute atomic E-state index is 0.244. The van der Waals surface area contributed by atoms with E-state index in [1.54, 1.807) is 24.3 Å². The topological polar surface area (TPSA) is 78.9 Å². The normalized spacial score (nSPS) is 16.4. The van der Waals surface area contributed by atoms with Crippen molar-refractivity contribution in [2.45, 2.75) is 51.9 Å². The fourth-order valence-electron chi connectivity index (χ4n) is 6.31. The van der Waals surface area contributed by atoms with E-state index in [1.165, 1.54) is 11.1 Å². The first-order valence-electron chi connectivity index (χ1n) is 15.8. The monoisotopic (exact) mass is 630 g/mol. The molecule has 6 heteroatoms. The second-order valence-corrected chi connectivity index (χ2v) is 11.9. The van der Waals surface area contributed by atoms with E-state index < -0.39 is 23.3 Å². The molecule has 2 aliphatic rings. The molecule has 0 radical (unpaired) electrons. The maximum absolute atomic E-state index is 11.8. The van der Waals surface area contributed by atoms with E-state index in [0.717, 1.165) is 41.3 Å². The summed E-state index contributed by atoms with van der Waals surface area (Å²) >= 11 is 0. The van der Waals surface area contributed by atoms with Crippen molar-refractivity contribution in [1.29, 1.82) is 0 Å². The Bertz CT molecular complexity index is 1650. The number of carbonyl (C=O) groups excluding carboxylic acids is 3. The first-order chi connectivity index (χ1) is 22.5. The maximum atomic E-state index is 11.8. The van der Waals surface area contributed by atoms with Crippen LogP contribution in [0.5, 0.6) is 17.2 Å². The minimum atomic E-state index is -0.524. The van der Waals surface area contributed by atoms with Gasteiger partial charge in [0.1, 0.15) is 17.2 Å². The summed E-state index contributed by atoms with van der Waals surface area (Å²) in [6.45, 7) is 21.1. The molecule has 0 heterocycles. The number of hydrogen-bond donors (Lipinski definition) is 0. The van der Waals surface area contributed by atoms with Crippen LogP contribution in [0.4, 0.5) is 0 Å². The fourth-order valence-corrected chi connectivity index (χ4v) is 6.31. The quantitative estimate of drug-likeness (QED) is 0.120. The third-order valence-corrected chi connectivity index (χ3v) is 8.93. The van der Waals surface area contributed by atoms with Gasteiger partial charge in [-0.15, -0.1) is 0 Å². The van der Waals surface area contributed by atoms with Gasteiger partial charge in [0.2, 0.25) is 0 Å². The lowest BCUT2D eigenvalue weighted by Gasteiger charge is -2.38. The summed E-state index contributed by atoms with van der Waals surface area (Å²) in [7, 11) is 0. The molecule has 0 N–H and O–H groups in total. The van der Waals surface area contributed by atoms with E-state index in [0.29, 0.717) is 29.1 Å². The maximum Gasteiger partial charge on any atom is 0.335 e. The molecule has 6 nitrogen and oxygen atoms in total. The van der Waals surface area contributed by atoms with Crippen LogP contribution in [0.25, 0.3) is 0 Å². The van der Waals surface area contributed by atoms with Gasteiger partial charge in [0.25, 0.3) is 0 Å². The van der Waals surface area contributed by atoms with Gasteiger partial charge in [0.15, 0.2) is 0 Å². The van der Waals surface area contributed by atoms with Crippen LogP contribution in [0.2, 0.25) is 0 Å². The predicted molar refractivity (Wildman–Crippen MR) is 185 cm³/mol. The second kappa shape index (κ2) is 14.5. The van der Waals surface area contributed by atoms with Crippen LogP contribution in [0.15, 0.2) is 134 Å². The highest BCUT2D eigenvalue weighted by atomic mass is 16.5. The van der Waals surface area contributed by atoms with Gasteiger partial charge in [0, 0.05) is 29.1 Å². The van der Waals surface area contributed by atoms with Gasteiger partial charge in [-0.25, -0.2) is 14.4 Å². The first-order valence-corrected chi connectivity index (χ1v) is 15.8. The highest BCUT2D eigenvalue weighted by Crippen LogP contribution is 2.61. The number of fused-ring (bicyclic) bond motifs is 1. The molecule has 2 aliphatic carbocycles. The van der Waals surface area contributed by atoms with Crippen LogP contribution in [-0.4, -0.2) is 17.9 Å². The third kappa shape index (κ3) is 7.28. The molecule has 0 aliphatic heterocycles. The van der Waals surface area contributed by atoms with Crippen molar-refractivity contribution < 1.29 is 28.6 Å². The molecule has 5 rings (SSSR count). The summed E-state index contributed by atoms with van der Waals surface area (Å²) in [4.78, 5) is 35.2. The van der Waals surface area contributed by atoms with Crippen molar-refractivity contribution in [3.05, 3.63) is 151 Å². The Morgan fingerprint density at radius 2 is 0.894 bits per heavy atom. The Labute approximate surface area is 277 Å². The molecular weight excluding hydrogens is 588 g/mol. The number of esters is 3. The lowest BCUT2D eigenvalue weighted by atomic mass is 9.66. The zero-order chi connectivity index (χ0) is 34.4. The summed E-state index contributed by atoms with van der Waals surface area (Å²) in [5, 5.41) is 0. The van der Waals surface area contributed by atoms with Crippen LogP contribution in [0.3, 0.4) is 0 Å². The molecule has 242 valence electrons. The Hall–Kier alpha value is -5.23. The zero-order valence-corrected chi connectivity index (χ0v) is 27.7. The van der Waals surface area contributed by atoms with Crippen LogP contribution in [0.1, 0.15) is 57.7 Å². The average molecular weight is 631 g/mol. The fraction of sp³-hybridized carbons (Fsp3) is 0.244. The molecule has 1 fully saturated rings. The molecule has 0 spiro atoms. The van der Waals surface area contributed by atoms with Gasteiger partial charge in [0.05, 0.1) is 0 Å². The predicted octanol–water partition coefficient (Wildman–Crippen LogP) is 8.77. The molecule has 47 heavy (non-hydrogen) atoms. The number of carbonyl (C=O) groups is 3. The van der Waals surface area contributed by atoms with Gasteiger partial charge < -0.3 is 14.2 Å². The Morgan fingerprint density at radius 1 is 0.574 bits per heavy atom. The SMILES string of the molecule is C=CC(=O)Oc1ccc(C(C)(C)C2=CC=C(C(C)(c3ccc(OC(=O)C=C)cc3)c3ccc(OC(=O)C=C)cc3)C3CC23)cc1.CC. The molecule has 3 aromatic carbocycles. The van der Waals surface area contributed by atoms with E-state index in [1.807, 2.05) is 62.4 Å². The van der Waals surface area contributed by atoms with Gasteiger partial charge in [-0.2, -0.15) is 0 Å². The minimum Gasteiger partial charge on any atom is -0.423 e. The van der Waals surface area contributed by atoms with Crippen LogP contribution < -0.4 is 14.2 Å². The van der Waals surface area contributed by atoms with Crippen molar-refractivity contribution in [1.82, 2.24) is 0 Å². The molecule has 0 aromatic heterocycles. The molecule has 1 saturated carbocycles. The van der Waals surface area contributed by atoms with E-state index in [2.05, 4.69) is 52.7 Å². The number of allylic oxidation sites excluding steroid dienone is 4.